The van der Waals surface area contributed by atoms with Crippen LogP contribution < -0.4 is 0 Å². The minimum Gasteiger partial charge on any atom is -0.693 e. The van der Waals surface area contributed by atoms with Gasteiger partial charge in [0.15, 0.2) is 0 Å². The first-order chi connectivity index (χ1) is 20.2. The van der Waals surface area contributed by atoms with Crippen LogP contribution in [0, 0.1) is 106 Å². The predicted molar refractivity (Wildman–Crippen MR) is 149 cm³/mol. The number of hydrogen-bond acceptors (Lipinski definition) is 0. The van der Waals surface area contributed by atoms with Gasteiger partial charge in [-0.1, -0.05) is 106 Å². The van der Waals surface area contributed by atoms with E-state index in [0.29, 0.717) is 0 Å². The smallest absolute Gasteiger partial charge is 0.693 e. The summed E-state index contributed by atoms with van der Waals surface area (Å²) in [5.74, 6) is -15.4. The molecule has 2 aromatic rings. The largest absolute Gasteiger partial charge is 2.00 e. The van der Waals surface area contributed by atoms with Gasteiger partial charge < -0.3 is 24.7 Å². The predicted octanol–water partition coefficient (Wildman–Crippen LogP) is 11.5. The van der Waals surface area contributed by atoms with Crippen LogP contribution in [0.25, 0.3) is 0 Å². The first-order valence-electron chi connectivity index (χ1n) is 13.9. The molecule has 0 saturated heterocycles. The van der Waals surface area contributed by atoms with Crippen LogP contribution in [-0.4, -0.2) is 0 Å². The third-order valence-electron chi connectivity index (χ3n) is 5.23. The maximum Gasteiger partial charge on any atom is 2.00 e. The molecule has 0 unspecified atom stereocenters. The van der Waals surface area contributed by atoms with E-state index in [1.807, 2.05) is 41.5 Å². The fourth-order valence-corrected chi connectivity index (χ4v) is 2.76. The molecule has 2 aliphatic rings. The van der Waals surface area contributed by atoms with Gasteiger partial charge in [0.1, 0.15) is 0 Å². The zero-order valence-electron chi connectivity index (χ0n) is 26.7. The molecule has 0 spiro atoms. The summed E-state index contributed by atoms with van der Waals surface area (Å²) in [4.78, 5) is 0. The molecule has 0 aromatic heterocycles. The zero-order chi connectivity index (χ0) is 34.7. The van der Waals surface area contributed by atoms with E-state index in [0.717, 1.165) is 12.1 Å². The second-order valence-electron chi connectivity index (χ2n) is 11.7. The topological polar surface area (TPSA) is 0 Å². The van der Waals surface area contributed by atoms with E-state index in [2.05, 4.69) is 11.8 Å². The summed E-state index contributed by atoms with van der Waals surface area (Å²) in [7, 11) is 0. The molecule has 0 nitrogen and oxygen atoms in total. The van der Waals surface area contributed by atoms with E-state index in [1.54, 1.807) is 0 Å². The van der Waals surface area contributed by atoms with Crippen LogP contribution in [0.2, 0.25) is 0 Å². The fraction of sp³-hybridized carbons (Fsp3) is 0.529. The molecule has 0 heterocycles. The first kappa shape index (κ1) is 51.1. The summed E-state index contributed by atoms with van der Waals surface area (Å²) in [5, 5.41) is 0. The minimum absolute atomic E-state index is 0. The van der Waals surface area contributed by atoms with Gasteiger partial charge in [-0.3, -0.25) is 17.6 Å². The van der Waals surface area contributed by atoms with E-state index < -0.39 is 58.2 Å². The quantitative estimate of drug-likeness (QED) is 0.0618. The number of rotatable bonds is 0. The van der Waals surface area contributed by atoms with Crippen LogP contribution >= 0.6 is 0 Å². The average Bonchev–Trinajstić information content (AvgIpc) is 3.73. The second kappa shape index (κ2) is 26.2. The molecule has 2 aliphatic carbocycles. The molecule has 46 heavy (non-hydrogen) atoms. The maximum absolute atomic E-state index is 12.0. The van der Waals surface area contributed by atoms with Crippen molar-refractivity contribution in [3.63, 3.8) is 0 Å². The summed E-state index contributed by atoms with van der Waals surface area (Å²) in [5.41, 5.74) is -0.0833. The molecule has 258 valence electrons. The summed E-state index contributed by atoms with van der Waals surface area (Å²) >= 11 is 0. The number of halogens is 10. The maximum atomic E-state index is 12.0. The third-order valence-corrected chi connectivity index (χ3v) is 5.23. The summed E-state index contributed by atoms with van der Waals surface area (Å²) in [6.45, 7) is 11.7. The van der Waals surface area contributed by atoms with E-state index >= 15 is 0 Å². The van der Waals surface area contributed by atoms with Gasteiger partial charge in [-0.25, -0.2) is 26.3 Å². The number of hydrogen-bond donors (Lipinski definition) is 0. The van der Waals surface area contributed by atoms with Gasteiger partial charge in [0.25, 0.3) is 0 Å². The van der Waals surface area contributed by atoms with Crippen molar-refractivity contribution in [3.8, 4) is 11.8 Å². The van der Waals surface area contributed by atoms with Crippen molar-refractivity contribution >= 4 is 0 Å². The van der Waals surface area contributed by atoms with Gasteiger partial charge in [-0.05, 0) is 10.8 Å². The van der Waals surface area contributed by atoms with Crippen molar-refractivity contribution in [2.24, 2.45) is 10.8 Å². The normalized spacial score (nSPS) is 12.8. The first-order valence-corrected chi connectivity index (χ1v) is 13.9. The fourth-order valence-electron chi connectivity index (χ4n) is 2.76. The summed E-state index contributed by atoms with van der Waals surface area (Å²) in [6, 6.07) is 2.05. The molecular weight excluding hydrogens is 841 g/mol. The van der Waals surface area contributed by atoms with Crippen LogP contribution in [0.4, 0.5) is 43.9 Å². The summed E-state index contributed by atoms with van der Waals surface area (Å²) < 4.78 is 120. The Hall–Kier alpha value is -1.74. The van der Waals surface area contributed by atoms with Gasteiger partial charge >= 0.3 is 42.8 Å². The van der Waals surface area contributed by atoms with Crippen LogP contribution in [-0.2, 0) is 42.8 Å². The Morgan fingerprint density at radius 3 is 0.652 bits per heavy atom. The zero-order valence-corrected chi connectivity index (χ0v) is 30.5. The van der Waals surface area contributed by atoms with E-state index in [-0.39, 0.29) is 53.6 Å². The van der Waals surface area contributed by atoms with Gasteiger partial charge in [0, 0.05) is 0 Å². The third kappa shape index (κ3) is 24.4. The van der Waals surface area contributed by atoms with Gasteiger partial charge in [-0.2, -0.15) is 0 Å². The van der Waals surface area contributed by atoms with Crippen molar-refractivity contribution in [2.45, 2.75) is 106 Å². The van der Waals surface area contributed by atoms with Crippen molar-refractivity contribution in [3.05, 3.63) is 83.2 Å². The molecule has 2 saturated carbocycles. The molecule has 0 amide bonds. The van der Waals surface area contributed by atoms with E-state index in [1.165, 1.54) is 64.2 Å². The SMILES string of the molecule is C1CCCC1.C1CCCC1.Fc1[c-]c(F)c(F)c(F)c1F.Fc1[c-]c(F)c(F)c(F)c1F.[C-]#CC(C)(C)C.[C-]#CC(C)(C)C.[Pt+2].[Ti+2]. The molecule has 0 bridgehead atoms. The van der Waals surface area contributed by atoms with Crippen molar-refractivity contribution < 1.29 is 86.7 Å². The Labute approximate surface area is 297 Å². The Kier molecular flexibility index (Phi) is 29.2. The van der Waals surface area contributed by atoms with Gasteiger partial charge in [-0.15, -0.1) is 12.1 Å². The summed E-state index contributed by atoms with van der Waals surface area (Å²) in [6.07, 6.45) is 28.2. The van der Waals surface area contributed by atoms with Crippen molar-refractivity contribution in [1.29, 1.82) is 0 Å². The van der Waals surface area contributed by atoms with E-state index in [4.69, 9.17) is 12.8 Å². The molecule has 12 heteroatoms. The van der Waals surface area contributed by atoms with Crippen LogP contribution in [0.5, 0.6) is 0 Å². The average molecular weight is 880 g/mol. The molecule has 2 aromatic carbocycles. The Morgan fingerprint density at radius 1 is 0.413 bits per heavy atom. The van der Waals surface area contributed by atoms with Gasteiger partial charge in [0.05, 0.1) is 58.2 Å². The van der Waals surface area contributed by atoms with Crippen LogP contribution in [0.3, 0.4) is 0 Å². The minimum atomic E-state index is -2.17. The standard InChI is InChI=1S/2C6F5.2C6H9.2C5H10.Pt.Ti/c2*7-2-1-3(8)5(10)6(11)4(2)9;2*1-5-6(2,3)4;2*1-2-4-5-3-1;;/h;;2*2-4H3;2*1-5H2;;/q4*-1;;;2*+2. The molecule has 0 radical (unpaired) electrons. The van der Waals surface area contributed by atoms with E-state index in [9.17, 15) is 43.9 Å². The molecule has 0 aliphatic heterocycles. The second-order valence-corrected chi connectivity index (χ2v) is 11.7. The Morgan fingerprint density at radius 2 is 0.543 bits per heavy atom. The molecule has 0 N–H and O–H groups in total. The van der Waals surface area contributed by atoms with Crippen LogP contribution in [0.1, 0.15) is 106 Å². The monoisotopic (exact) mass is 879 g/mol. The van der Waals surface area contributed by atoms with Crippen molar-refractivity contribution in [1.82, 2.24) is 0 Å². The Balaban J connectivity index is -0.000000236. The molecule has 4 rings (SSSR count). The molecule has 0 atom stereocenters. The van der Waals surface area contributed by atoms with Crippen LogP contribution in [0.15, 0.2) is 0 Å². The van der Waals surface area contributed by atoms with Crippen molar-refractivity contribution in [2.75, 3.05) is 0 Å². The molecular formula is C34H38F10PtTi. The van der Waals surface area contributed by atoms with Gasteiger partial charge in [0.2, 0.25) is 0 Å². The number of benzene rings is 2. The Bertz CT molecular complexity index is 1050. The molecule has 2 fully saturated rings.